The molecule has 0 spiro atoms. The smallest absolute Gasteiger partial charge is 0.379 e. The highest BCUT2D eigenvalue weighted by molar-refractivity contribution is 5.97. The molecule has 40 heavy (non-hydrogen) atoms. The second kappa shape index (κ2) is 10.7. The summed E-state index contributed by atoms with van der Waals surface area (Å²) in [6, 6.07) is 16.7. The molecule has 2 heterocycles. The molecule has 2 N–H and O–H groups in total. The molecule has 3 aromatic carbocycles. The van der Waals surface area contributed by atoms with E-state index in [2.05, 4.69) is 6.07 Å². The van der Waals surface area contributed by atoms with Gasteiger partial charge in [0.05, 0.1) is 19.1 Å². The molecule has 0 fully saturated rings. The van der Waals surface area contributed by atoms with Crippen molar-refractivity contribution in [2.45, 2.75) is 40.5 Å². The van der Waals surface area contributed by atoms with Crippen LogP contribution in [-0.2, 0) is 0 Å². The molecular formula is C32H30N2O6. The Kier molecular flexibility index (Phi) is 7.14. The van der Waals surface area contributed by atoms with Crippen molar-refractivity contribution in [3.63, 3.8) is 0 Å². The predicted octanol–water partition coefficient (Wildman–Crippen LogP) is 6.59. The van der Waals surface area contributed by atoms with E-state index in [0.717, 1.165) is 22.1 Å². The average molecular weight is 539 g/mol. The third-order valence-corrected chi connectivity index (χ3v) is 7.04. The van der Waals surface area contributed by atoms with Gasteiger partial charge >= 0.3 is 5.97 Å². The first-order valence-corrected chi connectivity index (χ1v) is 13.1. The molecule has 5 rings (SSSR count). The monoisotopic (exact) mass is 538 g/mol. The zero-order chi connectivity index (χ0) is 28.6. The summed E-state index contributed by atoms with van der Waals surface area (Å²) in [6.45, 7) is 10.6. The van der Waals surface area contributed by atoms with E-state index in [1.807, 2.05) is 65.0 Å². The van der Waals surface area contributed by atoms with Gasteiger partial charge in [-0.2, -0.15) is 5.26 Å². The van der Waals surface area contributed by atoms with Crippen LogP contribution in [0, 0.1) is 32.1 Å². The van der Waals surface area contributed by atoms with Gasteiger partial charge in [0.25, 0.3) is 0 Å². The first-order chi connectivity index (χ1) is 19.2. The number of carbonyl (C=O) groups excluding carboxylic acids is 1. The number of benzene rings is 3. The molecular weight excluding hydrogens is 508 g/mol. The van der Waals surface area contributed by atoms with Crippen molar-refractivity contribution in [1.29, 1.82) is 5.26 Å². The number of hydrogen-bond acceptors (Lipinski definition) is 8. The molecule has 0 aliphatic carbocycles. The fourth-order valence-corrected chi connectivity index (χ4v) is 4.91. The third-order valence-electron chi connectivity index (χ3n) is 7.04. The largest absolute Gasteiger partial charge is 0.490 e. The van der Waals surface area contributed by atoms with Crippen LogP contribution < -0.4 is 24.7 Å². The first-order valence-electron chi connectivity index (χ1n) is 13.1. The summed E-state index contributed by atoms with van der Waals surface area (Å²) in [5.74, 6) is 0.806. The van der Waals surface area contributed by atoms with E-state index in [1.54, 1.807) is 18.2 Å². The van der Waals surface area contributed by atoms with Crippen molar-refractivity contribution in [2.75, 3.05) is 13.2 Å². The van der Waals surface area contributed by atoms with Crippen molar-refractivity contribution in [1.82, 2.24) is 0 Å². The van der Waals surface area contributed by atoms with Gasteiger partial charge in [0.2, 0.25) is 11.6 Å². The minimum absolute atomic E-state index is 0.0193. The number of nitrogens with zero attached hydrogens (tertiary/aromatic N) is 1. The lowest BCUT2D eigenvalue weighted by molar-refractivity contribution is 0.0702. The topological polar surface area (TPSA) is 117 Å². The van der Waals surface area contributed by atoms with Crippen LogP contribution in [0.1, 0.15) is 58.1 Å². The van der Waals surface area contributed by atoms with Gasteiger partial charge in [-0.1, -0.05) is 12.1 Å². The lowest BCUT2D eigenvalue weighted by Crippen LogP contribution is -2.21. The van der Waals surface area contributed by atoms with Crippen LogP contribution in [0.2, 0.25) is 0 Å². The summed E-state index contributed by atoms with van der Waals surface area (Å²) < 4.78 is 28.9. The van der Waals surface area contributed by atoms with Gasteiger partial charge < -0.3 is 29.1 Å². The quantitative estimate of drug-likeness (QED) is 0.207. The van der Waals surface area contributed by atoms with E-state index in [9.17, 15) is 10.1 Å². The number of nitrogens with two attached hydrogens (primary N) is 1. The molecule has 1 atom stereocenters. The molecule has 0 saturated carbocycles. The summed E-state index contributed by atoms with van der Waals surface area (Å²) >= 11 is 0. The van der Waals surface area contributed by atoms with Crippen LogP contribution in [0.3, 0.4) is 0 Å². The van der Waals surface area contributed by atoms with Crippen molar-refractivity contribution < 1.29 is 28.2 Å². The van der Waals surface area contributed by atoms with Crippen molar-refractivity contribution in [2.24, 2.45) is 5.73 Å². The number of hydrogen-bond donors (Lipinski definition) is 1. The summed E-state index contributed by atoms with van der Waals surface area (Å²) in [5, 5.41) is 10.8. The van der Waals surface area contributed by atoms with Gasteiger partial charge in [0.1, 0.15) is 28.7 Å². The lowest BCUT2D eigenvalue weighted by atomic mass is 9.83. The molecule has 204 valence electrons. The van der Waals surface area contributed by atoms with Gasteiger partial charge in [0, 0.05) is 22.6 Å². The first kappa shape index (κ1) is 26.7. The zero-order valence-corrected chi connectivity index (χ0v) is 23.1. The number of nitriles is 1. The molecule has 8 nitrogen and oxygen atoms in total. The van der Waals surface area contributed by atoms with Crippen molar-refractivity contribution >= 4 is 16.9 Å². The summed E-state index contributed by atoms with van der Waals surface area (Å²) in [7, 11) is 0. The molecule has 0 saturated heterocycles. The Morgan fingerprint density at radius 2 is 1.70 bits per heavy atom. The average Bonchev–Trinajstić information content (AvgIpc) is 3.24. The molecule has 1 aliphatic rings. The Bertz CT molecular complexity index is 1710. The normalized spacial score (nSPS) is 14.3. The van der Waals surface area contributed by atoms with Crippen LogP contribution in [0.5, 0.6) is 23.0 Å². The summed E-state index contributed by atoms with van der Waals surface area (Å²) in [4.78, 5) is 13.1. The van der Waals surface area contributed by atoms with Gasteiger partial charge in [0.15, 0.2) is 11.5 Å². The van der Waals surface area contributed by atoms with E-state index in [-0.39, 0.29) is 23.0 Å². The fraction of sp³-hybridized carbons (Fsp3) is 0.250. The summed E-state index contributed by atoms with van der Waals surface area (Å²) in [6.07, 6.45) is 0. The number of rotatable bonds is 7. The molecule has 8 heteroatoms. The molecule has 0 radical (unpaired) electrons. The van der Waals surface area contributed by atoms with Gasteiger partial charge in [-0.25, -0.2) is 4.79 Å². The predicted molar refractivity (Wildman–Crippen MR) is 150 cm³/mol. The van der Waals surface area contributed by atoms with Crippen LogP contribution in [0.4, 0.5) is 0 Å². The number of ether oxygens (including phenoxy) is 4. The highest BCUT2D eigenvalue weighted by Gasteiger charge is 2.32. The van der Waals surface area contributed by atoms with Crippen molar-refractivity contribution in [3.05, 3.63) is 93.6 Å². The molecule has 1 aliphatic heterocycles. The minimum atomic E-state index is -0.620. The molecule has 1 aromatic heterocycles. The number of esters is 1. The van der Waals surface area contributed by atoms with E-state index >= 15 is 0 Å². The van der Waals surface area contributed by atoms with E-state index in [1.165, 1.54) is 0 Å². The van der Waals surface area contributed by atoms with Crippen molar-refractivity contribution in [3.8, 4) is 29.1 Å². The van der Waals surface area contributed by atoms with Crippen LogP contribution in [0.25, 0.3) is 11.0 Å². The van der Waals surface area contributed by atoms with E-state index in [0.29, 0.717) is 47.2 Å². The Hall–Kier alpha value is -4.90. The number of allylic oxidation sites excluding steroid dienone is 1. The minimum Gasteiger partial charge on any atom is -0.490 e. The Morgan fingerprint density at radius 1 is 0.975 bits per heavy atom. The highest BCUT2D eigenvalue weighted by Crippen LogP contribution is 2.45. The number of fused-ring (bicyclic) bond motifs is 2. The maximum atomic E-state index is 13.1. The highest BCUT2D eigenvalue weighted by atomic mass is 16.5. The number of aryl methyl sites for hydroxylation is 3. The standard InChI is InChI=1S/C32H30N2O6/c1-6-36-25-11-8-20(14-28(25)37-7-2)29-22-10-9-21(15-27(22)40-31(34)24(29)16-33)38-32(35)30-19(5)23-12-17(3)18(4)13-26(23)39-30/h8-15,29H,6-7,34H2,1-5H3. The molecule has 1 unspecified atom stereocenters. The Morgan fingerprint density at radius 3 is 2.42 bits per heavy atom. The van der Waals surface area contributed by atoms with Gasteiger partial charge in [-0.15, -0.1) is 0 Å². The van der Waals surface area contributed by atoms with E-state index < -0.39 is 11.9 Å². The number of furan rings is 1. The van der Waals surface area contributed by atoms with Gasteiger partial charge in [-0.05, 0) is 81.6 Å². The SMILES string of the molecule is CCOc1ccc(C2C(C#N)=C(N)Oc3cc(OC(=O)c4oc5cc(C)c(C)cc5c4C)ccc32)cc1OCC. The van der Waals surface area contributed by atoms with Crippen LogP contribution >= 0.6 is 0 Å². The van der Waals surface area contributed by atoms with Crippen LogP contribution in [0.15, 0.2) is 64.4 Å². The fourth-order valence-electron chi connectivity index (χ4n) is 4.91. The molecule has 0 amide bonds. The second-order valence-corrected chi connectivity index (χ2v) is 9.57. The zero-order valence-electron chi connectivity index (χ0n) is 23.1. The lowest BCUT2D eigenvalue weighted by Gasteiger charge is -2.27. The van der Waals surface area contributed by atoms with Crippen LogP contribution in [-0.4, -0.2) is 19.2 Å². The number of carbonyl (C=O) groups is 1. The second-order valence-electron chi connectivity index (χ2n) is 9.57. The Labute approximate surface area is 232 Å². The maximum absolute atomic E-state index is 13.1. The molecule has 0 bridgehead atoms. The molecule has 4 aromatic rings. The third kappa shape index (κ3) is 4.71. The van der Waals surface area contributed by atoms with E-state index in [4.69, 9.17) is 29.1 Å². The maximum Gasteiger partial charge on any atom is 0.379 e. The van der Waals surface area contributed by atoms with Gasteiger partial charge in [-0.3, -0.25) is 0 Å². The summed E-state index contributed by atoms with van der Waals surface area (Å²) in [5.41, 5.74) is 11.5. The Balaban J connectivity index is 1.49.